The summed E-state index contributed by atoms with van der Waals surface area (Å²) in [6.45, 7) is 6.05. The molecule has 1 aromatic carbocycles. The van der Waals surface area contributed by atoms with E-state index in [1.165, 1.54) is 0 Å². The van der Waals surface area contributed by atoms with E-state index >= 15 is 0 Å². The molecule has 162 valence electrons. The number of carbonyl (C=O) groups is 3. The number of piperazine rings is 1. The van der Waals surface area contributed by atoms with Gasteiger partial charge in [-0.25, -0.2) is 0 Å². The Hall–Kier alpha value is -2.41. The van der Waals surface area contributed by atoms with Crippen LogP contribution in [0.25, 0.3) is 0 Å². The van der Waals surface area contributed by atoms with Gasteiger partial charge in [0, 0.05) is 51.4 Å². The quantitative estimate of drug-likeness (QED) is 0.756. The third-order valence-electron chi connectivity index (χ3n) is 6.46. The van der Waals surface area contributed by atoms with E-state index < -0.39 is 0 Å². The molecule has 0 radical (unpaired) electrons. The molecule has 3 fully saturated rings. The van der Waals surface area contributed by atoms with Crippen LogP contribution in [0.1, 0.15) is 41.6 Å². The van der Waals surface area contributed by atoms with Crippen LogP contribution in [-0.2, 0) is 14.3 Å². The van der Waals surface area contributed by atoms with Gasteiger partial charge in [0.2, 0.25) is 5.91 Å². The first-order chi connectivity index (χ1) is 14.5. The number of amides is 3. The predicted octanol–water partition coefficient (Wildman–Crippen LogP) is 1.70. The maximum atomic E-state index is 13.1. The molecule has 7 nitrogen and oxygen atoms in total. The van der Waals surface area contributed by atoms with Crippen LogP contribution in [0.4, 0.5) is 0 Å². The number of benzene rings is 1. The lowest BCUT2D eigenvalue weighted by molar-refractivity contribution is -0.147. The molecule has 0 N–H and O–H groups in total. The smallest absolute Gasteiger partial charge is 0.253 e. The van der Waals surface area contributed by atoms with E-state index in [2.05, 4.69) is 0 Å². The van der Waals surface area contributed by atoms with Gasteiger partial charge >= 0.3 is 0 Å². The van der Waals surface area contributed by atoms with E-state index in [1.54, 1.807) is 0 Å². The molecule has 3 aliphatic heterocycles. The average molecular weight is 414 g/mol. The Morgan fingerprint density at radius 3 is 2.13 bits per heavy atom. The maximum Gasteiger partial charge on any atom is 0.253 e. The van der Waals surface area contributed by atoms with Crippen molar-refractivity contribution in [2.45, 2.75) is 38.7 Å². The molecule has 1 aromatic rings. The number of likely N-dealkylation sites (tertiary alicyclic amines) is 1. The second-order valence-corrected chi connectivity index (χ2v) is 8.61. The summed E-state index contributed by atoms with van der Waals surface area (Å²) in [5.41, 5.74) is 1.80. The van der Waals surface area contributed by atoms with Crippen molar-refractivity contribution in [2.75, 3.05) is 45.9 Å². The Labute approximate surface area is 177 Å². The largest absolute Gasteiger partial charge is 0.368 e. The van der Waals surface area contributed by atoms with Crippen LogP contribution in [0, 0.1) is 12.8 Å². The number of ether oxygens (including phenoxy) is 1. The molecule has 0 saturated carbocycles. The van der Waals surface area contributed by atoms with Crippen LogP contribution >= 0.6 is 0 Å². The van der Waals surface area contributed by atoms with Crippen molar-refractivity contribution in [2.24, 2.45) is 5.92 Å². The van der Waals surface area contributed by atoms with Gasteiger partial charge in [-0.3, -0.25) is 14.4 Å². The highest BCUT2D eigenvalue weighted by atomic mass is 16.5. The van der Waals surface area contributed by atoms with Crippen molar-refractivity contribution in [3.63, 3.8) is 0 Å². The van der Waals surface area contributed by atoms with Crippen molar-refractivity contribution >= 4 is 17.7 Å². The van der Waals surface area contributed by atoms with Gasteiger partial charge in [-0.1, -0.05) is 17.7 Å². The topological polar surface area (TPSA) is 70.2 Å². The van der Waals surface area contributed by atoms with Crippen LogP contribution < -0.4 is 0 Å². The van der Waals surface area contributed by atoms with E-state index in [9.17, 15) is 14.4 Å². The van der Waals surface area contributed by atoms with Gasteiger partial charge in [0.15, 0.2) is 0 Å². The molecule has 2 atom stereocenters. The van der Waals surface area contributed by atoms with Gasteiger partial charge in [0.05, 0.1) is 5.92 Å². The average Bonchev–Trinajstić information content (AvgIpc) is 3.33. The summed E-state index contributed by atoms with van der Waals surface area (Å²) in [5, 5.41) is 0. The zero-order chi connectivity index (χ0) is 21.1. The Morgan fingerprint density at radius 2 is 1.50 bits per heavy atom. The highest BCUT2D eigenvalue weighted by Gasteiger charge is 2.35. The first-order valence-corrected chi connectivity index (χ1v) is 11.1. The Morgan fingerprint density at radius 1 is 0.833 bits per heavy atom. The number of hydrogen-bond acceptors (Lipinski definition) is 4. The van der Waals surface area contributed by atoms with Crippen molar-refractivity contribution in [3.05, 3.63) is 35.4 Å². The molecule has 30 heavy (non-hydrogen) atoms. The summed E-state index contributed by atoms with van der Waals surface area (Å²) in [6.07, 6.45) is 3.09. The zero-order valence-corrected chi connectivity index (χ0v) is 17.7. The van der Waals surface area contributed by atoms with E-state index in [1.807, 2.05) is 45.9 Å². The number of carbonyl (C=O) groups excluding carboxylic acids is 3. The summed E-state index contributed by atoms with van der Waals surface area (Å²) in [6, 6.07) is 7.59. The minimum absolute atomic E-state index is 0.000482. The van der Waals surface area contributed by atoms with Gasteiger partial charge in [-0.2, -0.15) is 0 Å². The first-order valence-electron chi connectivity index (χ1n) is 11.1. The molecule has 0 bridgehead atoms. The lowest BCUT2D eigenvalue weighted by Crippen LogP contribution is -2.55. The van der Waals surface area contributed by atoms with Crippen molar-refractivity contribution in [1.82, 2.24) is 14.7 Å². The van der Waals surface area contributed by atoms with Crippen LogP contribution in [0.2, 0.25) is 0 Å². The van der Waals surface area contributed by atoms with Crippen molar-refractivity contribution < 1.29 is 19.1 Å². The van der Waals surface area contributed by atoms with E-state index in [4.69, 9.17) is 4.74 Å². The summed E-state index contributed by atoms with van der Waals surface area (Å²) in [4.78, 5) is 44.0. The highest BCUT2D eigenvalue weighted by Crippen LogP contribution is 2.22. The molecule has 3 heterocycles. The zero-order valence-electron chi connectivity index (χ0n) is 17.7. The Bertz CT molecular complexity index is 780. The monoisotopic (exact) mass is 413 g/mol. The fourth-order valence-electron chi connectivity index (χ4n) is 4.62. The summed E-state index contributed by atoms with van der Waals surface area (Å²) < 4.78 is 5.51. The van der Waals surface area contributed by atoms with Crippen LogP contribution in [0.3, 0.4) is 0 Å². The second kappa shape index (κ2) is 9.16. The number of nitrogens with zero attached hydrogens (tertiary/aromatic N) is 3. The summed E-state index contributed by atoms with van der Waals surface area (Å²) in [7, 11) is 0. The molecule has 0 spiro atoms. The minimum Gasteiger partial charge on any atom is -0.368 e. The molecule has 2 unspecified atom stereocenters. The van der Waals surface area contributed by atoms with Crippen molar-refractivity contribution in [3.8, 4) is 0 Å². The predicted molar refractivity (Wildman–Crippen MR) is 112 cm³/mol. The van der Waals surface area contributed by atoms with Gasteiger partial charge in [0.1, 0.15) is 6.10 Å². The lowest BCUT2D eigenvalue weighted by Gasteiger charge is -2.39. The van der Waals surface area contributed by atoms with E-state index in [-0.39, 0.29) is 29.7 Å². The fourth-order valence-corrected chi connectivity index (χ4v) is 4.62. The van der Waals surface area contributed by atoms with Crippen LogP contribution in [-0.4, -0.2) is 84.4 Å². The van der Waals surface area contributed by atoms with Gasteiger partial charge in [-0.15, -0.1) is 0 Å². The molecule has 7 heteroatoms. The van der Waals surface area contributed by atoms with Gasteiger partial charge in [0.25, 0.3) is 11.8 Å². The molecular formula is C23H31N3O4. The summed E-state index contributed by atoms with van der Waals surface area (Å²) >= 11 is 0. The Balaban J connectivity index is 1.30. The molecule has 3 amide bonds. The van der Waals surface area contributed by atoms with Crippen LogP contribution in [0.15, 0.2) is 24.3 Å². The lowest BCUT2D eigenvalue weighted by atomic mass is 9.95. The summed E-state index contributed by atoms with van der Waals surface area (Å²) in [5.74, 6) is 0.0146. The second-order valence-electron chi connectivity index (χ2n) is 8.61. The number of aryl methyl sites for hydroxylation is 1. The fraction of sp³-hybridized carbons (Fsp3) is 0.609. The number of hydrogen-bond donors (Lipinski definition) is 0. The van der Waals surface area contributed by atoms with Gasteiger partial charge < -0.3 is 19.4 Å². The normalized spacial score (nSPS) is 24.8. The van der Waals surface area contributed by atoms with Crippen LogP contribution in [0.5, 0.6) is 0 Å². The maximum absolute atomic E-state index is 13.1. The van der Waals surface area contributed by atoms with Crippen molar-refractivity contribution in [1.29, 1.82) is 0 Å². The molecule has 3 aliphatic rings. The Kier molecular flexibility index (Phi) is 6.37. The van der Waals surface area contributed by atoms with E-state index in [0.29, 0.717) is 51.4 Å². The molecule has 4 rings (SSSR count). The molecule has 0 aliphatic carbocycles. The van der Waals surface area contributed by atoms with Gasteiger partial charge in [-0.05, 0) is 44.7 Å². The molecular weight excluding hydrogens is 382 g/mol. The number of rotatable bonds is 3. The highest BCUT2D eigenvalue weighted by molar-refractivity contribution is 5.94. The van der Waals surface area contributed by atoms with E-state index in [0.717, 1.165) is 31.2 Å². The SMILES string of the molecule is Cc1ccc(C(=O)N2CCCC(C(=O)N3CCN(C(=O)C4CCCO4)CC3)C2)cc1. The standard InChI is InChI=1S/C23H31N3O4/c1-17-6-8-18(9-7-17)21(27)26-10-2-4-19(16-26)22(28)24-11-13-25(14-12-24)23(29)20-5-3-15-30-20/h6-9,19-20H,2-5,10-16H2,1H3. The third kappa shape index (κ3) is 4.51. The minimum atomic E-state index is -0.299. The third-order valence-corrected chi connectivity index (χ3v) is 6.46. The first kappa shape index (κ1) is 20.8. The molecule has 3 saturated heterocycles. The molecule has 0 aromatic heterocycles. The number of piperidine rings is 1.